The van der Waals surface area contributed by atoms with E-state index < -0.39 is 0 Å². The van der Waals surface area contributed by atoms with Crippen LogP contribution in [0.3, 0.4) is 0 Å². The van der Waals surface area contributed by atoms with Crippen molar-refractivity contribution in [1.82, 2.24) is 0 Å². The van der Waals surface area contributed by atoms with Gasteiger partial charge in [0, 0.05) is 17.1 Å². The van der Waals surface area contributed by atoms with Gasteiger partial charge in [-0.15, -0.1) is 13.9 Å². The van der Waals surface area contributed by atoms with Gasteiger partial charge in [-0.2, -0.15) is 12.1 Å². The molecule has 3 heteroatoms. The van der Waals surface area contributed by atoms with E-state index in [0.29, 0.717) is 10.3 Å². The Kier molecular flexibility index (Phi) is 11.5. The molecule has 0 heterocycles. The van der Waals surface area contributed by atoms with Crippen molar-refractivity contribution in [1.29, 1.82) is 0 Å². The number of hydrogen-bond donors (Lipinski definition) is 0. The Morgan fingerprint density at radius 2 is 1.10 bits per heavy atom. The van der Waals surface area contributed by atoms with Crippen LogP contribution < -0.4 is 10.6 Å². The Balaban J connectivity index is 0.000000213. The Bertz CT molecular complexity index is 625. The minimum Gasteiger partial charge on any atom is -0.747 e. The van der Waals surface area contributed by atoms with E-state index >= 15 is 0 Å². The van der Waals surface area contributed by atoms with Crippen molar-refractivity contribution in [2.45, 2.75) is 102 Å². The van der Waals surface area contributed by atoms with Gasteiger partial charge in [0.2, 0.25) is 0 Å². The molecule has 2 fully saturated rings. The molecule has 2 atom stereocenters. The third-order valence-corrected chi connectivity index (χ3v) is 12.2. The van der Waals surface area contributed by atoms with Gasteiger partial charge in [-0.1, -0.05) is 66.2 Å². The fourth-order valence-electron chi connectivity index (χ4n) is 5.55. The van der Waals surface area contributed by atoms with E-state index in [1.165, 1.54) is 64.2 Å². The first-order valence-corrected chi connectivity index (χ1v) is 14.5. The molecule has 0 spiro atoms. The van der Waals surface area contributed by atoms with Crippen molar-refractivity contribution in [3.05, 3.63) is 48.5 Å². The molecule has 0 bridgehead atoms. The van der Waals surface area contributed by atoms with Crippen molar-refractivity contribution < 1.29 is 17.1 Å². The second kappa shape index (κ2) is 13.1. The van der Waals surface area contributed by atoms with Gasteiger partial charge in [-0.05, 0) is 47.8 Å². The van der Waals surface area contributed by atoms with E-state index in [2.05, 4.69) is 76.2 Å². The summed E-state index contributed by atoms with van der Waals surface area (Å²) < 4.78 is 0. The zero-order chi connectivity index (χ0) is 21.5. The van der Waals surface area contributed by atoms with Gasteiger partial charge in [-0.3, -0.25) is 0 Å². The molecule has 0 aromatic heterocycles. The van der Waals surface area contributed by atoms with Crippen molar-refractivity contribution in [3.8, 4) is 0 Å². The summed E-state index contributed by atoms with van der Waals surface area (Å²) in [5.41, 5.74) is 0. The third-order valence-electron chi connectivity index (χ3n) is 7.81. The normalized spacial score (nSPS) is 20.8. The molecule has 2 aromatic carbocycles. The van der Waals surface area contributed by atoms with E-state index in [1.54, 1.807) is 10.6 Å². The van der Waals surface area contributed by atoms with Gasteiger partial charge < -0.3 is 38.2 Å². The predicted molar refractivity (Wildman–Crippen MR) is 141 cm³/mol. The van der Waals surface area contributed by atoms with E-state index in [0.717, 1.165) is 29.0 Å². The molecule has 0 aliphatic heterocycles. The van der Waals surface area contributed by atoms with Crippen LogP contribution in [-0.2, 0) is 17.1 Å². The summed E-state index contributed by atoms with van der Waals surface area (Å²) in [6.45, 7) is 9.67. The predicted octanol–water partition coefficient (Wildman–Crippen LogP) is 8.13. The molecule has 2 unspecified atom stereocenters. The van der Waals surface area contributed by atoms with Crippen LogP contribution >= 0.6 is 17.2 Å². The average Bonchev–Trinajstić information content (AvgIpc) is 3.44. The van der Waals surface area contributed by atoms with Crippen molar-refractivity contribution in [2.75, 3.05) is 0 Å². The molecule has 0 N–H and O–H groups in total. The van der Waals surface area contributed by atoms with Gasteiger partial charge in [-0.25, -0.2) is 12.1 Å². The maximum Gasteiger partial charge on any atom is 0 e. The summed E-state index contributed by atoms with van der Waals surface area (Å²) in [6.07, 6.45) is 14.5. The zero-order valence-corrected chi connectivity index (χ0v) is 23.3. The fraction of sp³-hybridized carbons (Fsp3) is 0.643. The summed E-state index contributed by atoms with van der Waals surface area (Å²) in [4.78, 5) is 0. The minimum atomic E-state index is 0. The van der Waals surface area contributed by atoms with Gasteiger partial charge >= 0.3 is 0 Å². The fourth-order valence-corrected chi connectivity index (χ4v) is 9.20. The topological polar surface area (TPSA) is 0 Å². The summed E-state index contributed by atoms with van der Waals surface area (Å²) in [5, 5.41) is 4.41. The van der Waals surface area contributed by atoms with Crippen molar-refractivity contribution >= 4 is 27.8 Å². The van der Waals surface area contributed by atoms with E-state index in [-0.39, 0.29) is 17.1 Å². The Morgan fingerprint density at radius 3 is 1.52 bits per heavy atom. The molecular formula is C28H44FeP2-6. The zero-order valence-electron chi connectivity index (χ0n) is 20.2. The molecule has 0 amide bonds. The second-order valence-corrected chi connectivity index (χ2v) is 14.0. The molecule has 0 nitrogen and oxygen atoms in total. The van der Waals surface area contributed by atoms with E-state index in [9.17, 15) is 0 Å². The standard InChI is InChI=1S/2C14H22P.Fe/c2*1-12(2)14(10-6-3-7-11-14)15-13-8-4-5-9-13;/h2*4-5,8-9,12,15H,3,6-7,10-11H2,1-2H3;/q-5;-1;. The quantitative estimate of drug-likeness (QED) is 0.214. The first-order valence-electron chi connectivity index (χ1n) is 12.5. The van der Waals surface area contributed by atoms with E-state index in [1.807, 2.05) is 0 Å². The Hall–Kier alpha value is 0.0795. The Labute approximate surface area is 206 Å². The summed E-state index contributed by atoms with van der Waals surface area (Å²) in [7, 11) is 2.06. The maximum absolute atomic E-state index is 2.42. The molecular weight excluding hydrogens is 454 g/mol. The van der Waals surface area contributed by atoms with E-state index in [4.69, 9.17) is 0 Å². The smallest absolute Gasteiger partial charge is 0 e. The van der Waals surface area contributed by atoms with Crippen molar-refractivity contribution in [2.24, 2.45) is 11.8 Å². The van der Waals surface area contributed by atoms with Crippen LogP contribution in [0.4, 0.5) is 0 Å². The van der Waals surface area contributed by atoms with Gasteiger partial charge in [0.1, 0.15) is 0 Å². The molecule has 4 rings (SSSR count). The molecule has 2 aromatic rings. The van der Waals surface area contributed by atoms with Gasteiger partial charge in [0.05, 0.1) is 0 Å². The molecule has 2 aliphatic rings. The minimum absolute atomic E-state index is 0. The van der Waals surface area contributed by atoms with Crippen LogP contribution in [0, 0.1) is 11.8 Å². The van der Waals surface area contributed by atoms with Gasteiger partial charge in [0.25, 0.3) is 0 Å². The largest absolute Gasteiger partial charge is 0.747 e. The van der Waals surface area contributed by atoms with Gasteiger partial charge in [0.15, 0.2) is 0 Å². The van der Waals surface area contributed by atoms with Crippen molar-refractivity contribution in [3.63, 3.8) is 0 Å². The van der Waals surface area contributed by atoms with Crippen LogP contribution in [0.2, 0.25) is 0 Å². The van der Waals surface area contributed by atoms with Crippen LogP contribution in [0.25, 0.3) is 0 Å². The third kappa shape index (κ3) is 7.54. The first-order chi connectivity index (χ1) is 14.5. The maximum atomic E-state index is 2.42. The molecule has 2 aliphatic carbocycles. The van der Waals surface area contributed by atoms with Crippen LogP contribution in [0.15, 0.2) is 48.5 Å². The van der Waals surface area contributed by atoms with Crippen LogP contribution in [0.5, 0.6) is 0 Å². The molecule has 31 heavy (non-hydrogen) atoms. The first kappa shape index (κ1) is 27.3. The molecule has 2 saturated carbocycles. The summed E-state index contributed by atoms with van der Waals surface area (Å²) in [6, 6.07) is 17.9. The Morgan fingerprint density at radius 1 is 0.677 bits per heavy atom. The number of rotatable bonds is 6. The summed E-state index contributed by atoms with van der Waals surface area (Å²) in [5.74, 6) is 1.68. The number of hydrogen-bond acceptors (Lipinski definition) is 0. The molecule has 0 saturated heterocycles. The van der Waals surface area contributed by atoms with Crippen LogP contribution in [0.1, 0.15) is 91.9 Å². The molecule has 0 radical (unpaired) electrons. The SMILES string of the molecule is CC(C)C1(P[c-]2[cH-][cH-][cH-][cH-]2)CCCCC1.CC(C)C1(P[c-]2cccc2)CCCCC1.[Fe]. The monoisotopic (exact) mass is 498 g/mol. The van der Waals surface area contributed by atoms with Crippen LogP contribution in [-0.4, -0.2) is 10.3 Å². The molecule has 180 valence electrons. The summed E-state index contributed by atoms with van der Waals surface area (Å²) >= 11 is 0. The average molecular weight is 498 g/mol. The second-order valence-electron chi connectivity index (χ2n) is 10.3.